The maximum Gasteiger partial charge on any atom is 0.329 e. The average Bonchev–Trinajstić information content (AvgIpc) is 3.19. The van der Waals surface area contributed by atoms with Crippen LogP contribution in [0.3, 0.4) is 0 Å². The SMILES string of the molecule is O=C(NC1(C(=O)O)CCSCC1)c1cc(-c2cccs2)[nH]n1. The van der Waals surface area contributed by atoms with Gasteiger partial charge >= 0.3 is 5.97 Å². The fourth-order valence-corrected chi connectivity index (χ4v) is 4.27. The van der Waals surface area contributed by atoms with Crippen LogP contribution in [-0.2, 0) is 4.79 Å². The zero-order chi connectivity index (χ0) is 15.6. The first kappa shape index (κ1) is 15.1. The normalized spacial score (nSPS) is 17.1. The summed E-state index contributed by atoms with van der Waals surface area (Å²) in [4.78, 5) is 24.9. The number of nitrogens with one attached hydrogen (secondary N) is 2. The molecule has 1 fully saturated rings. The first-order valence-corrected chi connectivity index (χ1v) is 8.87. The van der Waals surface area contributed by atoms with E-state index < -0.39 is 17.4 Å². The topological polar surface area (TPSA) is 95.1 Å². The van der Waals surface area contributed by atoms with E-state index in [-0.39, 0.29) is 5.69 Å². The number of H-pyrrole nitrogens is 1. The van der Waals surface area contributed by atoms with Gasteiger partial charge in [0.05, 0.1) is 10.6 Å². The van der Waals surface area contributed by atoms with Crippen LogP contribution in [0, 0.1) is 0 Å². The quantitative estimate of drug-likeness (QED) is 0.795. The van der Waals surface area contributed by atoms with Crippen molar-refractivity contribution in [3.63, 3.8) is 0 Å². The van der Waals surface area contributed by atoms with E-state index in [1.165, 1.54) is 0 Å². The number of aromatic amines is 1. The van der Waals surface area contributed by atoms with Crippen LogP contribution < -0.4 is 5.32 Å². The summed E-state index contributed by atoms with van der Waals surface area (Å²) in [6, 6.07) is 5.49. The van der Waals surface area contributed by atoms with Crippen molar-refractivity contribution >= 4 is 35.0 Å². The Hall–Kier alpha value is -1.80. The summed E-state index contributed by atoms with van der Waals surface area (Å²) in [7, 11) is 0. The highest BCUT2D eigenvalue weighted by molar-refractivity contribution is 7.99. The molecule has 2 aromatic heterocycles. The summed E-state index contributed by atoms with van der Waals surface area (Å²) < 4.78 is 0. The summed E-state index contributed by atoms with van der Waals surface area (Å²) in [5.74, 6) is 0.0322. The third-order valence-electron chi connectivity index (χ3n) is 3.71. The molecule has 1 aliphatic heterocycles. The maximum atomic E-state index is 12.3. The molecule has 3 rings (SSSR count). The van der Waals surface area contributed by atoms with E-state index in [1.807, 2.05) is 17.5 Å². The number of rotatable bonds is 4. The molecular weight excluding hydrogens is 322 g/mol. The highest BCUT2D eigenvalue weighted by Crippen LogP contribution is 2.28. The molecule has 22 heavy (non-hydrogen) atoms. The Bertz CT molecular complexity index is 675. The molecule has 0 unspecified atom stereocenters. The molecule has 8 heteroatoms. The Morgan fingerprint density at radius 3 is 2.77 bits per heavy atom. The molecule has 0 saturated carbocycles. The number of hydrogen-bond acceptors (Lipinski definition) is 5. The highest BCUT2D eigenvalue weighted by Gasteiger charge is 2.41. The van der Waals surface area contributed by atoms with Crippen molar-refractivity contribution in [2.75, 3.05) is 11.5 Å². The first-order chi connectivity index (χ1) is 10.6. The summed E-state index contributed by atoms with van der Waals surface area (Å²) in [5.41, 5.74) is -0.212. The highest BCUT2D eigenvalue weighted by atomic mass is 32.2. The fourth-order valence-electron chi connectivity index (χ4n) is 2.39. The second kappa shape index (κ2) is 6.13. The van der Waals surface area contributed by atoms with Crippen molar-refractivity contribution in [3.05, 3.63) is 29.3 Å². The zero-order valence-corrected chi connectivity index (χ0v) is 13.3. The monoisotopic (exact) mass is 337 g/mol. The Balaban J connectivity index is 1.77. The van der Waals surface area contributed by atoms with Gasteiger partial charge in [0.25, 0.3) is 5.91 Å². The first-order valence-electron chi connectivity index (χ1n) is 6.84. The van der Waals surface area contributed by atoms with Gasteiger partial charge in [-0.15, -0.1) is 11.3 Å². The van der Waals surface area contributed by atoms with E-state index in [0.29, 0.717) is 12.8 Å². The van der Waals surface area contributed by atoms with Crippen molar-refractivity contribution in [2.45, 2.75) is 18.4 Å². The van der Waals surface area contributed by atoms with Gasteiger partial charge in [0.15, 0.2) is 5.69 Å². The minimum Gasteiger partial charge on any atom is -0.480 e. The summed E-state index contributed by atoms with van der Waals surface area (Å²) in [6.45, 7) is 0. The molecule has 1 aliphatic rings. The van der Waals surface area contributed by atoms with E-state index in [4.69, 9.17) is 0 Å². The lowest BCUT2D eigenvalue weighted by Crippen LogP contribution is -2.56. The second-order valence-corrected chi connectivity index (χ2v) is 7.27. The van der Waals surface area contributed by atoms with Crippen molar-refractivity contribution in [3.8, 4) is 10.6 Å². The van der Waals surface area contributed by atoms with Crippen LogP contribution in [0.1, 0.15) is 23.3 Å². The van der Waals surface area contributed by atoms with Crippen LogP contribution in [0.5, 0.6) is 0 Å². The lowest BCUT2D eigenvalue weighted by Gasteiger charge is -2.33. The molecular formula is C14H15N3O3S2. The third kappa shape index (κ3) is 2.89. The molecule has 116 valence electrons. The number of thioether (sulfide) groups is 1. The van der Waals surface area contributed by atoms with Gasteiger partial charge in [-0.2, -0.15) is 16.9 Å². The van der Waals surface area contributed by atoms with Gasteiger partial charge in [-0.1, -0.05) is 6.07 Å². The molecule has 2 aromatic rings. The number of carbonyl (C=O) groups is 2. The molecule has 6 nitrogen and oxygen atoms in total. The van der Waals surface area contributed by atoms with Crippen molar-refractivity contribution < 1.29 is 14.7 Å². The Morgan fingerprint density at radius 2 is 2.14 bits per heavy atom. The molecule has 0 aliphatic carbocycles. The number of aliphatic carboxylic acids is 1. The van der Waals surface area contributed by atoms with Crippen molar-refractivity contribution in [2.24, 2.45) is 0 Å². The smallest absolute Gasteiger partial charge is 0.329 e. The Morgan fingerprint density at radius 1 is 1.36 bits per heavy atom. The van der Waals surface area contributed by atoms with E-state index in [1.54, 1.807) is 29.2 Å². The van der Waals surface area contributed by atoms with Gasteiger partial charge in [-0.25, -0.2) is 4.79 Å². The molecule has 1 saturated heterocycles. The van der Waals surface area contributed by atoms with Gasteiger partial charge in [0.1, 0.15) is 5.54 Å². The van der Waals surface area contributed by atoms with Crippen molar-refractivity contribution in [1.29, 1.82) is 0 Å². The Kier molecular flexibility index (Phi) is 4.21. The largest absolute Gasteiger partial charge is 0.480 e. The van der Waals surface area contributed by atoms with E-state index >= 15 is 0 Å². The number of amides is 1. The van der Waals surface area contributed by atoms with Crippen LogP contribution >= 0.6 is 23.1 Å². The predicted octanol–water partition coefficient (Wildman–Crippen LogP) is 2.22. The van der Waals surface area contributed by atoms with Gasteiger partial charge in [-0.3, -0.25) is 9.89 Å². The average molecular weight is 337 g/mol. The minimum atomic E-state index is -1.18. The molecule has 3 N–H and O–H groups in total. The van der Waals surface area contributed by atoms with Crippen LogP contribution in [-0.4, -0.2) is 44.2 Å². The van der Waals surface area contributed by atoms with Crippen LogP contribution in [0.25, 0.3) is 10.6 Å². The second-order valence-electron chi connectivity index (χ2n) is 5.10. The predicted molar refractivity (Wildman–Crippen MR) is 86.3 cm³/mol. The van der Waals surface area contributed by atoms with Crippen LogP contribution in [0.4, 0.5) is 0 Å². The summed E-state index contributed by atoms with van der Waals surface area (Å²) in [6.07, 6.45) is 0.863. The number of nitrogens with zero attached hydrogens (tertiary/aromatic N) is 1. The van der Waals surface area contributed by atoms with E-state index in [2.05, 4.69) is 15.5 Å². The number of thiophene rings is 1. The molecule has 0 bridgehead atoms. The van der Waals surface area contributed by atoms with Crippen LogP contribution in [0.15, 0.2) is 23.6 Å². The molecule has 0 atom stereocenters. The van der Waals surface area contributed by atoms with Crippen molar-refractivity contribution in [1.82, 2.24) is 15.5 Å². The number of carboxylic acids is 1. The zero-order valence-electron chi connectivity index (χ0n) is 11.7. The molecule has 0 aromatic carbocycles. The third-order valence-corrected chi connectivity index (χ3v) is 5.59. The molecule has 0 radical (unpaired) electrons. The van der Waals surface area contributed by atoms with Gasteiger partial charge in [0, 0.05) is 0 Å². The molecule has 3 heterocycles. The fraction of sp³-hybridized carbons (Fsp3) is 0.357. The molecule has 1 amide bonds. The number of carbonyl (C=O) groups excluding carboxylic acids is 1. The van der Waals surface area contributed by atoms with Gasteiger partial charge < -0.3 is 10.4 Å². The lowest BCUT2D eigenvalue weighted by molar-refractivity contribution is -0.144. The number of aromatic nitrogens is 2. The summed E-state index contributed by atoms with van der Waals surface area (Å²) >= 11 is 3.25. The van der Waals surface area contributed by atoms with Gasteiger partial charge in [0.2, 0.25) is 0 Å². The Labute approximate surface area is 135 Å². The maximum absolute atomic E-state index is 12.3. The van der Waals surface area contributed by atoms with Crippen LogP contribution in [0.2, 0.25) is 0 Å². The van der Waals surface area contributed by atoms with Gasteiger partial charge in [-0.05, 0) is 41.9 Å². The number of hydrogen-bond donors (Lipinski definition) is 3. The lowest BCUT2D eigenvalue weighted by atomic mass is 9.92. The molecule has 0 spiro atoms. The number of carboxylic acid groups (broad SMARTS) is 1. The van der Waals surface area contributed by atoms with E-state index in [0.717, 1.165) is 22.1 Å². The summed E-state index contributed by atoms with van der Waals surface area (Å²) in [5, 5.41) is 20.9. The minimum absolute atomic E-state index is 0.210. The standard InChI is InChI=1S/C14H15N3O3S2/c18-12(15-14(13(19)20)3-6-21-7-4-14)10-8-9(16-17-10)11-2-1-5-22-11/h1-2,5,8H,3-4,6-7H2,(H,15,18)(H,16,17)(H,19,20). The van der Waals surface area contributed by atoms with E-state index in [9.17, 15) is 14.7 Å².